The van der Waals surface area contributed by atoms with Crippen LogP contribution in [-0.4, -0.2) is 0 Å². The fourth-order valence-corrected chi connectivity index (χ4v) is 11.2. The van der Waals surface area contributed by atoms with Gasteiger partial charge in [-0.25, -0.2) is 0 Å². The lowest BCUT2D eigenvalue weighted by atomic mass is 9.86. The summed E-state index contributed by atoms with van der Waals surface area (Å²) in [6.45, 7) is 13.5. The molecule has 2 nitrogen and oxygen atoms in total. The largest absolute Gasteiger partial charge is 0.310 e. The maximum atomic E-state index is 2.61. The summed E-state index contributed by atoms with van der Waals surface area (Å²) in [6, 6.07) is 77.5. The van der Waals surface area contributed by atoms with Crippen molar-refractivity contribution in [1.82, 2.24) is 0 Å². The molecule has 0 aromatic heterocycles. The third-order valence-corrected chi connectivity index (χ3v) is 15.4. The lowest BCUT2D eigenvalue weighted by Crippen LogP contribution is -2.11. The number of benzene rings is 9. The molecule has 9 rings (SSSR count). The van der Waals surface area contributed by atoms with Gasteiger partial charge >= 0.3 is 0 Å². The van der Waals surface area contributed by atoms with E-state index in [4.69, 9.17) is 0 Å². The highest BCUT2D eigenvalue weighted by molar-refractivity contribution is 5.86. The quantitative estimate of drug-likeness (QED) is 0.0557. The molecule has 0 saturated carbocycles. The summed E-state index contributed by atoms with van der Waals surface area (Å²) < 4.78 is 0. The Morgan fingerprint density at radius 2 is 0.605 bits per heavy atom. The van der Waals surface area contributed by atoms with E-state index < -0.39 is 0 Å². The summed E-state index contributed by atoms with van der Waals surface area (Å²) in [5, 5.41) is 0. The van der Waals surface area contributed by atoms with Crippen LogP contribution in [0.15, 0.2) is 206 Å². The van der Waals surface area contributed by atoms with Crippen LogP contribution in [0.4, 0.5) is 34.1 Å². The van der Waals surface area contributed by atoms with E-state index in [0.717, 1.165) is 47.0 Å². The Hall–Kier alpha value is -7.42. The van der Waals surface area contributed by atoms with Crippen LogP contribution in [0, 0.1) is 27.7 Å². The minimum Gasteiger partial charge on any atom is -0.310 e. The van der Waals surface area contributed by atoms with Crippen molar-refractivity contribution in [2.45, 2.75) is 131 Å². The van der Waals surface area contributed by atoms with E-state index in [1.165, 1.54) is 155 Å². The fraction of sp³-hybridized carbons (Fsp3) is 0.270. The van der Waals surface area contributed by atoms with Crippen LogP contribution in [0.5, 0.6) is 0 Å². The van der Waals surface area contributed by atoms with Gasteiger partial charge in [0.1, 0.15) is 0 Å². The third kappa shape index (κ3) is 13.3. The van der Waals surface area contributed by atoms with E-state index in [-0.39, 0.29) is 0 Å². The second-order valence-electron chi connectivity index (χ2n) is 21.4. The minimum absolute atomic E-state index is 1.04. The predicted octanol–water partition coefficient (Wildman–Crippen LogP) is 22.3. The average Bonchev–Trinajstić information content (AvgIpc) is 3.45. The summed E-state index contributed by atoms with van der Waals surface area (Å²) in [5.41, 5.74) is 25.2. The first-order chi connectivity index (χ1) is 37.3. The third-order valence-electron chi connectivity index (χ3n) is 15.4. The van der Waals surface area contributed by atoms with Crippen LogP contribution in [0.25, 0.3) is 44.5 Å². The van der Waals surface area contributed by atoms with Crippen LogP contribution in [0.3, 0.4) is 0 Å². The molecule has 0 saturated heterocycles. The first-order valence-corrected chi connectivity index (χ1v) is 28.7. The number of anilines is 6. The van der Waals surface area contributed by atoms with Crippen molar-refractivity contribution < 1.29 is 0 Å². The Morgan fingerprint density at radius 3 is 0.987 bits per heavy atom. The Labute approximate surface area is 457 Å². The van der Waals surface area contributed by atoms with Gasteiger partial charge in [0.15, 0.2) is 0 Å². The van der Waals surface area contributed by atoms with Gasteiger partial charge in [-0.1, -0.05) is 223 Å². The number of hydrogen-bond donors (Lipinski definition) is 0. The van der Waals surface area contributed by atoms with E-state index >= 15 is 0 Å². The van der Waals surface area contributed by atoms with Crippen LogP contribution >= 0.6 is 0 Å². The molecule has 0 radical (unpaired) electrons. The Kier molecular flexibility index (Phi) is 18.5. The van der Waals surface area contributed by atoms with Crippen LogP contribution in [0.1, 0.15) is 124 Å². The number of nitrogens with zero attached hydrogens (tertiary/aromatic N) is 2. The SMILES string of the molecule is CCCCCCCCc1cc(-c2cccc(N(c3ccc(C)cc3)c3ccc(-c4ccccc4)c(C)c3)c2)c(CCCCCCCC)cc1-c1cccc(N(c2ccc(C)cc2)c2ccc(-c3ccccc3)c(C)c2)c1. The van der Waals surface area contributed by atoms with Gasteiger partial charge in [0.05, 0.1) is 0 Å². The number of unbranched alkanes of at least 4 members (excludes halogenated alkanes) is 10. The molecular weight excluding hydrogens is 917 g/mol. The molecule has 0 unspecified atom stereocenters. The lowest BCUT2D eigenvalue weighted by Gasteiger charge is -2.28. The summed E-state index contributed by atoms with van der Waals surface area (Å²) >= 11 is 0. The van der Waals surface area contributed by atoms with E-state index in [2.05, 4.69) is 258 Å². The van der Waals surface area contributed by atoms with Crippen molar-refractivity contribution in [2.24, 2.45) is 0 Å². The molecule has 9 aromatic rings. The zero-order valence-corrected chi connectivity index (χ0v) is 46.4. The van der Waals surface area contributed by atoms with Crippen LogP contribution in [0.2, 0.25) is 0 Å². The van der Waals surface area contributed by atoms with Gasteiger partial charge in [-0.3, -0.25) is 0 Å². The smallest absolute Gasteiger partial charge is 0.0467 e. The van der Waals surface area contributed by atoms with Gasteiger partial charge < -0.3 is 9.80 Å². The fourth-order valence-electron chi connectivity index (χ4n) is 11.2. The van der Waals surface area contributed by atoms with Crippen molar-refractivity contribution in [3.05, 3.63) is 240 Å². The van der Waals surface area contributed by atoms with Crippen molar-refractivity contribution in [2.75, 3.05) is 9.80 Å². The molecule has 386 valence electrons. The van der Waals surface area contributed by atoms with Gasteiger partial charge in [0.2, 0.25) is 0 Å². The standard InChI is InChI=1S/C74H80N2/c1-7-9-11-13-15-19-31-63-53-74(62-34-26-36-68(52-62)76(66-43-39-56(4)40-44-66)70-46-48-72(58(6)50-70)60-29-23-18-24-30-60)64(32-20-16-14-12-10-8-2)54-73(63)61-33-25-35-67(51-61)75(65-41-37-55(3)38-42-65)69-45-47-71(57(5)49-69)59-27-21-17-22-28-59/h17-18,21-30,33-54H,7-16,19-20,31-32H2,1-6H3. The molecule has 0 amide bonds. The normalized spacial score (nSPS) is 11.2. The molecule has 0 spiro atoms. The molecule has 0 fully saturated rings. The molecule has 0 atom stereocenters. The minimum atomic E-state index is 1.04. The molecule has 76 heavy (non-hydrogen) atoms. The maximum Gasteiger partial charge on any atom is 0.0467 e. The van der Waals surface area contributed by atoms with Crippen LogP contribution < -0.4 is 9.80 Å². The monoisotopic (exact) mass is 997 g/mol. The molecule has 9 aromatic carbocycles. The summed E-state index contributed by atoms with van der Waals surface area (Å²) in [6.07, 6.45) is 17.3. The highest BCUT2D eigenvalue weighted by Gasteiger charge is 2.20. The molecule has 2 heteroatoms. The Balaban J connectivity index is 1.16. The van der Waals surface area contributed by atoms with Gasteiger partial charge in [-0.15, -0.1) is 0 Å². The van der Waals surface area contributed by atoms with Gasteiger partial charge in [-0.05, 0) is 193 Å². The lowest BCUT2D eigenvalue weighted by molar-refractivity contribution is 0.606. The second-order valence-corrected chi connectivity index (χ2v) is 21.4. The predicted molar refractivity (Wildman–Crippen MR) is 331 cm³/mol. The molecular formula is C74H80N2. The zero-order valence-electron chi connectivity index (χ0n) is 46.4. The zero-order chi connectivity index (χ0) is 52.6. The van der Waals surface area contributed by atoms with Crippen molar-refractivity contribution in [3.63, 3.8) is 0 Å². The van der Waals surface area contributed by atoms with Gasteiger partial charge in [0, 0.05) is 34.1 Å². The van der Waals surface area contributed by atoms with Crippen molar-refractivity contribution in [1.29, 1.82) is 0 Å². The topological polar surface area (TPSA) is 6.48 Å². The van der Waals surface area contributed by atoms with Gasteiger partial charge in [0.25, 0.3) is 0 Å². The molecule has 0 bridgehead atoms. The highest BCUT2D eigenvalue weighted by atomic mass is 15.1. The first-order valence-electron chi connectivity index (χ1n) is 28.7. The number of aryl methyl sites for hydroxylation is 6. The van der Waals surface area contributed by atoms with Crippen LogP contribution in [-0.2, 0) is 12.8 Å². The maximum absolute atomic E-state index is 2.61. The van der Waals surface area contributed by atoms with E-state index in [9.17, 15) is 0 Å². The summed E-state index contributed by atoms with van der Waals surface area (Å²) in [4.78, 5) is 4.90. The summed E-state index contributed by atoms with van der Waals surface area (Å²) in [5.74, 6) is 0. The molecule has 0 aliphatic carbocycles. The highest BCUT2D eigenvalue weighted by Crippen LogP contribution is 2.43. The molecule has 0 aliphatic heterocycles. The van der Waals surface area contributed by atoms with E-state index in [1.807, 2.05) is 0 Å². The Bertz CT molecular complexity index is 3040. The van der Waals surface area contributed by atoms with Crippen molar-refractivity contribution >= 4 is 34.1 Å². The number of hydrogen-bond acceptors (Lipinski definition) is 2. The van der Waals surface area contributed by atoms with Crippen molar-refractivity contribution in [3.8, 4) is 44.5 Å². The second kappa shape index (κ2) is 26.4. The van der Waals surface area contributed by atoms with E-state index in [1.54, 1.807) is 0 Å². The summed E-state index contributed by atoms with van der Waals surface area (Å²) in [7, 11) is 0. The average molecular weight is 997 g/mol. The number of rotatable bonds is 24. The van der Waals surface area contributed by atoms with E-state index in [0.29, 0.717) is 0 Å². The molecule has 0 N–H and O–H groups in total. The molecule has 0 aliphatic rings. The first kappa shape index (κ1) is 53.4. The Morgan fingerprint density at radius 1 is 0.263 bits per heavy atom. The van der Waals surface area contributed by atoms with Gasteiger partial charge in [-0.2, -0.15) is 0 Å². The molecule has 0 heterocycles.